The number of methoxy groups -OCH3 is 1. The average molecular weight is 262 g/mol. The van der Waals surface area contributed by atoms with Gasteiger partial charge in [0.2, 0.25) is 5.88 Å². The fourth-order valence-corrected chi connectivity index (χ4v) is 1.74. The maximum Gasteiger partial charge on any atom is 0.212 e. The Morgan fingerprint density at radius 2 is 2.05 bits per heavy atom. The Labute approximate surface area is 117 Å². The summed E-state index contributed by atoms with van der Waals surface area (Å²) >= 11 is 0. The average Bonchev–Trinajstić information content (AvgIpc) is 2.37. The molecule has 3 nitrogen and oxygen atoms in total. The molecule has 0 aliphatic carbocycles. The predicted molar refractivity (Wildman–Crippen MR) is 81.3 cm³/mol. The van der Waals surface area contributed by atoms with Gasteiger partial charge >= 0.3 is 0 Å². The summed E-state index contributed by atoms with van der Waals surface area (Å²) in [7, 11) is 1.63. The minimum absolute atomic E-state index is 0.529. The smallest absolute Gasteiger partial charge is 0.212 e. The van der Waals surface area contributed by atoms with E-state index in [1.165, 1.54) is 5.57 Å². The molecule has 0 bridgehead atoms. The van der Waals surface area contributed by atoms with Gasteiger partial charge in [0.15, 0.2) is 0 Å². The first kappa shape index (κ1) is 15.7. The molecule has 1 N–H and O–H groups in total. The van der Waals surface area contributed by atoms with E-state index in [9.17, 15) is 0 Å². The molecule has 0 atom stereocenters. The van der Waals surface area contributed by atoms with Gasteiger partial charge in [-0.3, -0.25) is 0 Å². The highest BCUT2D eigenvalue weighted by Crippen LogP contribution is 2.15. The summed E-state index contributed by atoms with van der Waals surface area (Å²) in [5.41, 5.74) is 2.52. The number of nitrogens with zero attached hydrogens (tertiary/aromatic N) is 1. The summed E-state index contributed by atoms with van der Waals surface area (Å²) in [5, 5.41) is 3.50. The fraction of sp³-hybridized carbons (Fsp3) is 0.562. The molecule has 0 saturated carbocycles. The predicted octanol–water partition coefficient (Wildman–Crippen LogP) is 3.38. The van der Waals surface area contributed by atoms with E-state index in [4.69, 9.17) is 4.74 Å². The van der Waals surface area contributed by atoms with Crippen molar-refractivity contribution in [2.45, 2.75) is 27.7 Å². The maximum atomic E-state index is 5.07. The van der Waals surface area contributed by atoms with Crippen molar-refractivity contribution in [3.63, 3.8) is 0 Å². The zero-order valence-corrected chi connectivity index (χ0v) is 12.7. The first-order valence-electron chi connectivity index (χ1n) is 6.94. The lowest BCUT2D eigenvalue weighted by Crippen LogP contribution is -2.23. The number of hydrogen-bond donors (Lipinski definition) is 1. The van der Waals surface area contributed by atoms with Crippen LogP contribution in [0, 0.1) is 11.8 Å². The Kier molecular flexibility index (Phi) is 6.57. The third-order valence-corrected chi connectivity index (χ3v) is 2.94. The van der Waals surface area contributed by atoms with E-state index in [1.807, 2.05) is 18.3 Å². The third-order valence-electron chi connectivity index (χ3n) is 2.94. The van der Waals surface area contributed by atoms with Gasteiger partial charge in [0.25, 0.3) is 0 Å². The number of nitrogens with one attached hydrogen (secondary N) is 1. The molecule has 0 aliphatic heterocycles. The highest BCUT2D eigenvalue weighted by atomic mass is 16.5. The highest BCUT2D eigenvalue weighted by Gasteiger charge is 2.04. The lowest BCUT2D eigenvalue weighted by Gasteiger charge is -2.14. The van der Waals surface area contributed by atoms with Crippen molar-refractivity contribution in [1.29, 1.82) is 0 Å². The normalized spacial score (nSPS) is 12.3. The number of hydrogen-bond acceptors (Lipinski definition) is 3. The number of pyridine rings is 1. The van der Waals surface area contributed by atoms with Crippen LogP contribution >= 0.6 is 0 Å². The van der Waals surface area contributed by atoms with E-state index in [2.05, 4.69) is 44.1 Å². The van der Waals surface area contributed by atoms with Gasteiger partial charge in [-0.05, 0) is 30.0 Å². The zero-order chi connectivity index (χ0) is 14.3. The molecule has 1 rings (SSSR count). The van der Waals surface area contributed by atoms with Crippen molar-refractivity contribution in [3.8, 4) is 5.88 Å². The molecule has 0 saturated heterocycles. The molecule has 106 valence electrons. The van der Waals surface area contributed by atoms with Gasteiger partial charge in [0.05, 0.1) is 7.11 Å². The van der Waals surface area contributed by atoms with Gasteiger partial charge < -0.3 is 10.1 Å². The van der Waals surface area contributed by atoms with Crippen LogP contribution in [-0.4, -0.2) is 25.2 Å². The number of ether oxygens (including phenoxy) is 1. The summed E-state index contributed by atoms with van der Waals surface area (Å²) in [6, 6.07) is 3.93. The highest BCUT2D eigenvalue weighted by molar-refractivity contribution is 5.53. The van der Waals surface area contributed by atoms with Crippen LogP contribution in [0.1, 0.15) is 33.3 Å². The third kappa shape index (κ3) is 5.88. The van der Waals surface area contributed by atoms with Crippen LogP contribution in [0.15, 0.2) is 23.9 Å². The van der Waals surface area contributed by atoms with Crippen LogP contribution in [0.25, 0.3) is 6.08 Å². The first-order chi connectivity index (χ1) is 9.02. The molecule has 1 aromatic heterocycles. The second-order valence-electron chi connectivity index (χ2n) is 5.53. The van der Waals surface area contributed by atoms with Crippen molar-refractivity contribution in [1.82, 2.24) is 10.3 Å². The van der Waals surface area contributed by atoms with Gasteiger partial charge in [-0.15, -0.1) is 0 Å². The van der Waals surface area contributed by atoms with Gasteiger partial charge in [-0.25, -0.2) is 4.98 Å². The molecule has 0 radical (unpaired) electrons. The van der Waals surface area contributed by atoms with E-state index in [0.29, 0.717) is 17.7 Å². The second kappa shape index (κ2) is 7.95. The summed E-state index contributed by atoms with van der Waals surface area (Å²) < 4.78 is 5.07. The fourth-order valence-electron chi connectivity index (χ4n) is 1.74. The van der Waals surface area contributed by atoms with E-state index in [1.54, 1.807) is 7.11 Å². The lowest BCUT2D eigenvalue weighted by molar-refractivity contribution is 0.398. The lowest BCUT2D eigenvalue weighted by atomic mass is 10.0. The minimum atomic E-state index is 0.529. The monoisotopic (exact) mass is 262 g/mol. The molecule has 0 aliphatic rings. The van der Waals surface area contributed by atoms with Crippen LogP contribution in [0.4, 0.5) is 0 Å². The van der Waals surface area contributed by atoms with Crippen molar-refractivity contribution in [2.24, 2.45) is 11.8 Å². The molecule has 3 heteroatoms. The molecular formula is C16H26N2O. The van der Waals surface area contributed by atoms with Crippen molar-refractivity contribution in [2.75, 3.05) is 20.2 Å². The topological polar surface area (TPSA) is 34.1 Å². The second-order valence-corrected chi connectivity index (χ2v) is 5.53. The summed E-state index contributed by atoms with van der Waals surface area (Å²) in [6.07, 6.45) is 4.06. The van der Waals surface area contributed by atoms with E-state index < -0.39 is 0 Å². The Bertz CT molecular complexity index is 394. The van der Waals surface area contributed by atoms with Crippen molar-refractivity contribution in [3.05, 3.63) is 29.5 Å². The zero-order valence-electron chi connectivity index (χ0n) is 12.7. The maximum absolute atomic E-state index is 5.07. The summed E-state index contributed by atoms with van der Waals surface area (Å²) in [6.45, 7) is 10.9. The Hall–Kier alpha value is -1.35. The van der Waals surface area contributed by atoms with Crippen molar-refractivity contribution < 1.29 is 4.74 Å². The minimum Gasteiger partial charge on any atom is -0.481 e. The van der Waals surface area contributed by atoms with Gasteiger partial charge in [-0.1, -0.05) is 39.3 Å². The summed E-state index contributed by atoms with van der Waals surface area (Å²) in [4.78, 5) is 4.23. The molecule has 0 spiro atoms. The van der Waals surface area contributed by atoms with Gasteiger partial charge in [0, 0.05) is 18.8 Å². The molecular weight excluding hydrogens is 236 g/mol. The molecule has 0 fully saturated rings. The molecule has 0 unspecified atom stereocenters. The Balaban J connectivity index is 2.70. The molecule has 19 heavy (non-hydrogen) atoms. The number of aromatic nitrogens is 1. The molecule has 0 aromatic carbocycles. The van der Waals surface area contributed by atoms with Gasteiger partial charge in [-0.2, -0.15) is 0 Å². The Morgan fingerprint density at radius 3 is 2.53 bits per heavy atom. The molecule has 0 amide bonds. The van der Waals surface area contributed by atoms with E-state index in [0.717, 1.165) is 18.7 Å². The molecule has 1 heterocycles. The van der Waals surface area contributed by atoms with Crippen LogP contribution in [0.5, 0.6) is 5.88 Å². The van der Waals surface area contributed by atoms with Crippen LogP contribution in [0.3, 0.4) is 0 Å². The largest absolute Gasteiger partial charge is 0.481 e. The quantitative estimate of drug-likeness (QED) is 0.818. The Morgan fingerprint density at radius 1 is 1.32 bits per heavy atom. The standard InChI is InChI=1S/C16H26N2O/c1-12(2)9-17-11-15(13(3)4)8-14-6-7-16(19-5)18-10-14/h6-8,10,12-13,17H,9,11H2,1-5H3/b15-8-. The van der Waals surface area contributed by atoms with Crippen LogP contribution < -0.4 is 10.1 Å². The summed E-state index contributed by atoms with van der Waals surface area (Å²) in [5.74, 6) is 1.86. The first-order valence-corrected chi connectivity index (χ1v) is 6.94. The van der Waals surface area contributed by atoms with Crippen LogP contribution in [0.2, 0.25) is 0 Å². The van der Waals surface area contributed by atoms with E-state index in [-0.39, 0.29) is 0 Å². The van der Waals surface area contributed by atoms with Gasteiger partial charge in [0.1, 0.15) is 0 Å². The SMILES string of the molecule is COc1ccc(/C=C(/CNCC(C)C)C(C)C)cn1. The van der Waals surface area contributed by atoms with Crippen molar-refractivity contribution >= 4 is 6.08 Å². The van der Waals surface area contributed by atoms with Crippen LogP contribution in [-0.2, 0) is 0 Å². The molecule has 1 aromatic rings. The van der Waals surface area contributed by atoms with E-state index >= 15 is 0 Å². The number of rotatable bonds is 7.